The van der Waals surface area contributed by atoms with Gasteiger partial charge in [0.1, 0.15) is 5.60 Å². The maximum absolute atomic E-state index is 11.8. The van der Waals surface area contributed by atoms with Crippen molar-refractivity contribution in [2.75, 3.05) is 0 Å². The van der Waals surface area contributed by atoms with E-state index in [9.17, 15) is 4.79 Å². The number of amides is 1. The van der Waals surface area contributed by atoms with E-state index in [1.807, 2.05) is 27.7 Å². The fourth-order valence-electron chi connectivity index (χ4n) is 2.59. The van der Waals surface area contributed by atoms with Crippen LogP contribution in [-0.2, 0) is 17.6 Å². The van der Waals surface area contributed by atoms with Crippen molar-refractivity contribution < 1.29 is 9.53 Å². The van der Waals surface area contributed by atoms with Gasteiger partial charge in [0.05, 0.1) is 6.04 Å². The summed E-state index contributed by atoms with van der Waals surface area (Å²) in [4.78, 5) is 11.8. The van der Waals surface area contributed by atoms with Crippen LogP contribution in [-0.4, -0.2) is 11.7 Å². The summed E-state index contributed by atoms with van der Waals surface area (Å²) in [5, 5.41) is 2.90. The van der Waals surface area contributed by atoms with Crippen LogP contribution >= 0.6 is 0 Å². The van der Waals surface area contributed by atoms with Gasteiger partial charge in [-0.05, 0) is 70.1 Å². The lowest BCUT2D eigenvalue weighted by molar-refractivity contribution is 0.0508. The van der Waals surface area contributed by atoms with E-state index >= 15 is 0 Å². The van der Waals surface area contributed by atoms with E-state index in [4.69, 9.17) is 4.74 Å². The lowest BCUT2D eigenvalue weighted by Gasteiger charge is -2.23. The minimum Gasteiger partial charge on any atom is -0.444 e. The Hall–Kier alpha value is -1.51. The first kappa shape index (κ1) is 14.9. The number of carbonyl (C=O) groups excluding carboxylic acids is 1. The second-order valence-corrected chi connectivity index (χ2v) is 6.60. The monoisotopic (exact) mass is 275 g/mol. The molecule has 0 aromatic heterocycles. The quantitative estimate of drug-likeness (QED) is 0.880. The maximum Gasteiger partial charge on any atom is 0.408 e. The third-order valence-electron chi connectivity index (χ3n) is 3.61. The third-order valence-corrected chi connectivity index (χ3v) is 3.61. The van der Waals surface area contributed by atoms with E-state index in [0.717, 1.165) is 12.0 Å². The van der Waals surface area contributed by atoms with E-state index in [0.29, 0.717) is 0 Å². The Bertz CT molecular complexity index is 488. The Labute approximate surface area is 121 Å². The number of carbonyl (C=O) groups is 1. The van der Waals surface area contributed by atoms with Crippen molar-refractivity contribution >= 4 is 6.09 Å². The number of hydrogen-bond acceptors (Lipinski definition) is 2. The van der Waals surface area contributed by atoms with Crippen LogP contribution in [0.5, 0.6) is 0 Å². The lowest BCUT2D eigenvalue weighted by Crippen LogP contribution is -2.34. The van der Waals surface area contributed by atoms with Gasteiger partial charge >= 0.3 is 6.09 Å². The van der Waals surface area contributed by atoms with Crippen molar-refractivity contribution in [2.45, 2.75) is 65.0 Å². The molecule has 20 heavy (non-hydrogen) atoms. The molecule has 1 unspecified atom stereocenters. The number of alkyl carbamates (subject to hydrolysis) is 1. The smallest absolute Gasteiger partial charge is 0.408 e. The van der Waals surface area contributed by atoms with Gasteiger partial charge in [-0.1, -0.05) is 18.2 Å². The number of rotatable bonds is 2. The number of fused-ring (bicyclic) bond motifs is 1. The second kappa shape index (κ2) is 5.86. The third kappa shape index (κ3) is 3.99. The first-order valence-electron chi connectivity index (χ1n) is 7.46. The van der Waals surface area contributed by atoms with E-state index in [-0.39, 0.29) is 12.1 Å². The molecule has 1 aromatic carbocycles. The highest BCUT2D eigenvalue weighted by Crippen LogP contribution is 2.24. The first-order chi connectivity index (χ1) is 9.35. The molecule has 1 aliphatic carbocycles. The zero-order valence-corrected chi connectivity index (χ0v) is 13.0. The predicted octanol–water partition coefficient (Wildman–Crippen LogP) is 4.15. The minimum atomic E-state index is -0.459. The van der Waals surface area contributed by atoms with Gasteiger partial charge in [-0.25, -0.2) is 4.79 Å². The van der Waals surface area contributed by atoms with Crippen LogP contribution in [0.2, 0.25) is 0 Å². The summed E-state index contributed by atoms with van der Waals surface area (Å²) in [7, 11) is 0. The Balaban J connectivity index is 2.02. The highest BCUT2D eigenvalue weighted by molar-refractivity contribution is 5.68. The van der Waals surface area contributed by atoms with Crippen LogP contribution in [0.4, 0.5) is 4.79 Å². The van der Waals surface area contributed by atoms with Crippen LogP contribution in [0.15, 0.2) is 18.2 Å². The van der Waals surface area contributed by atoms with Gasteiger partial charge in [-0.2, -0.15) is 0 Å². The summed E-state index contributed by atoms with van der Waals surface area (Å²) in [6, 6.07) is 6.52. The van der Waals surface area contributed by atoms with Crippen molar-refractivity contribution in [3.63, 3.8) is 0 Å². The van der Waals surface area contributed by atoms with Crippen LogP contribution in [0, 0.1) is 0 Å². The molecule has 0 aliphatic heterocycles. The summed E-state index contributed by atoms with van der Waals surface area (Å²) in [6.07, 6.45) is 4.54. The molecule has 1 aliphatic rings. The van der Waals surface area contributed by atoms with E-state index in [1.165, 1.54) is 30.4 Å². The Morgan fingerprint density at radius 2 is 1.85 bits per heavy atom. The fraction of sp³-hybridized carbons (Fsp3) is 0.588. The standard InChI is InChI=1S/C17H25NO2/c1-12(18-16(19)20-17(2,3)4)14-10-9-13-7-5-6-8-15(13)11-14/h9-12H,5-8H2,1-4H3,(H,18,19). The van der Waals surface area contributed by atoms with Crippen molar-refractivity contribution in [1.82, 2.24) is 5.32 Å². The van der Waals surface area contributed by atoms with Crippen LogP contribution < -0.4 is 5.32 Å². The normalized spacial score (nSPS) is 16.2. The van der Waals surface area contributed by atoms with Gasteiger partial charge in [0, 0.05) is 0 Å². The molecular weight excluding hydrogens is 250 g/mol. The predicted molar refractivity (Wildman–Crippen MR) is 80.9 cm³/mol. The number of aryl methyl sites for hydroxylation is 2. The molecule has 1 N–H and O–H groups in total. The SMILES string of the molecule is CC(NC(=O)OC(C)(C)C)c1ccc2c(c1)CCCC2. The number of nitrogens with one attached hydrogen (secondary N) is 1. The largest absolute Gasteiger partial charge is 0.444 e. The molecule has 1 amide bonds. The van der Waals surface area contributed by atoms with Crippen LogP contribution in [0.1, 0.15) is 63.3 Å². The Morgan fingerprint density at radius 3 is 2.50 bits per heavy atom. The molecule has 0 bridgehead atoms. The summed E-state index contributed by atoms with van der Waals surface area (Å²) in [5.74, 6) is 0. The van der Waals surface area contributed by atoms with Gasteiger partial charge in [-0.15, -0.1) is 0 Å². The molecule has 0 radical (unpaired) electrons. The minimum absolute atomic E-state index is 0.0305. The highest BCUT2D eigenvalue weighted by atomic mass is 16.6. The average Bonchev–Trinajstić information content (AvgIpc) is 2.35. The molecule has 0 heterocycles. The molecule has 0 saturated heterocycles. The molecule has 2 rings (SSSR count). The molecule has 0 fully saturated rings. The first-order valence-corrected chi connectivity index (χ1v) is 7.46. The molecule has 110 valence electrons. The van der Waals surface area contributed by atoms with Gasteiger partial charge in [0.2, 0.25) is 0 Å². The zero-order chi connectivity index (χ0) is 14.8. The maximum atomic E-state index is 11.8. The molecule has 0 spiro atoms. The number of hydrogen-bond donors (Lipinski definition) is 1. The molecule has 3 heteroatoms. The van der Waals surface area contributed by atoms with Crippen molar-refractivity contribution in [2.24, 2.45) is 0 Å². The summed E-state index contributed by atoms with van der Waals surface area (Å²) in [5.41, 5.74) is 3.59. The van der Waals surface area contributed by atoms with Crippen LogP contribution in [0.25, 0.3) is 0 Å². The van der Waals surface area contributed by atoms with E-state index in [2.05, 4.69) is 23.5 Å². The Morgan fingerprint density at radius 1 is 1.20 bits per heavy atom. The fourth-order valence-corrected chi connectivity index (χ4v) is 2.59. The summed E-state index contributed by atoms with van der Waals surface area (Å²) in [6.45, 7) is 7.61. The highest BCUT2D eigenvalue weighted by Gasteiger charge is 2.19. The molecule has 0 saturated carbocycles. The topological polar surface area (TPSA) is 38.3 Å². The number of benzene rings is 1. The van der Waals surface area contributed by atoms with Gasteiger partial charge in [0.25, 0.3) is 0 Å². The molecule has 3 nitrogen and oxygen atoms in total. The van der Waals surface area contributed by atoms with Crippen molar-refractivity contribution in [3.8, 4) is 0 Å². The Kier molecular flexibility index (Phi) is 4.36. The molecule has 1 aromatic rings. The van der Waals surface area contributed by atoms with Gasteiger partial charge in [0.15, 0.2) is 0 Å². The molecular formula is C17H25NO2. The van der Waals surface area contributed by atoms with Crippen molar-refractivity contribution in [3.05, 3.63) is 34.9 Å². The number of ether oxygens (including phenoxy) is 1. The van der Waals surface area contributed by atoms with Gasteiger partial charge in [-0.3, -0.25) is 0 Å². The molecule has 1 atom stereocenters. The van der Waals surface area contributed by atoms with E-state index < -0.39 is 5.60 Å². The average molecular weight is 275 g/mol. The van der Waals surface area contributed by atoms with Gasteiger partial charge < -0.3 is 10.1 Å². The van der Waals surface area contributed by atoms with Crippen LogP contribution in [0.3, 0.4) is 0 Å². The summed E-state index contributed by atoms with van der Waals surface area (Å²) >= 11 is 0. The second-order valence-electron chi connectivity index (χ2n) is 6.60. The zero-order valence-electron chi connectivity index (χ0n) is 13.0. The van der Waals surface area contributed by atoms with E-state index in [1.54, 1.807) is 0 Å². The van der Waals surface area contributed by atoms with Crippen molar-refractivity contribution in [1.29, 1.82) is 0 Å². The lowest BCUT2D eigenvalue weighted by atomic mass is 9.89. The summed E-state index contributed by atoms with van der Waals surface area (Å²) < 4.78 is 5.29.